The first-order valence-electron chi connectivity index (χ1n) is 10.1. The standard InChI is InChI=1S/C21H24F2N4O2/c22-17-7-6-16(12-18(17)23)29-20-13-19(24-14-25-20)26-8-10-27(11-9-26)21(28)15-4-2-1-3-5-15/h6-7,12-15H,1-5,8-11H2. The predicted octanol–water partition coefficient (Wildman–Crippen LogP) is 3.78. The number of nitrogens with zero attached hydrogens (tertiary/aromatic N) is 4. The van der Waals surface area contributed by atoms with Crippen LogP contribution in [0.1, 0.15) is 32.1 Å². The van der Waals surface area contributed by atoms with Crippen LogP contribution in [-0.4, -0.2) is 47.0 Å². The number of hydrogen-bond acceptors (Lipinski definition) is 5. The second kappa shape index (κ2) is 8.71. The lowest BCUT2D eigenvalue weighted by molar-refractivity contribution is -0.136. The zero-order chi connectivity index (χ0) is 20.2. The molecule has 4 rings (SSSR count). The molecule has 2 heterocycles. The Morgan fingerprint density at radius 1 is 0.966 bits per heavy atom. The van der Waals surface area contributed by atoms with Crippen molar-refractivity contribution in [1.29, 1.82) is 0 Å². The highest BCUT2D eigenvalue weighted by Crippen LogP contribution is 2.27. The Balaban J connectivity index is 1.36. The van der Waals surface area contributed by atoms with E-state index in [9.17, 15) is 13.6 Å². The van der Waals surface area contributed by atoms with E-state index in [-0.39, 0.29) is 23.5 Å². The monoisotopic (exact) mass is 402 g/mol. The second-order valence-corrected chi connectivity index (χ2v) is 7.54. The van der Waals surface area contributed by atoms with Gasteiger partial charge in [-0.3, -0.25) is 4.79 Å². The van der Waals surface area contributed by atoms with Crippen LogP contribution in [0, 0.1) is 17.6 Å². The van der Waals surface area contributed by atoms with Crippen LogP contribution in [0.15, 0.2) is 30.6 Å². The number of benzene rings is 1. The van der Waals surface area contributed by atoms with E-state index >= 15 is 0 Å². The molecule has 29 heavy (non-hydrogen) atoms. The van der Waals surface area contributed by atoms with E-state index < -0.39 is 11.6 Å². The van der Waals surface area contributed by atoms with Gasteiger partial charge >= 0.3 is 0 Å². The summed E-state index contributed by atoms with van der Waals surface area (Å²) in [5.74, 6) is -0.336. The quantitative estimate of drug-likeness (QED) is 0.779. The van der Waals surface area contributed by atoms with Crippen molar-refractivity contribution in [2.75, 3.05) is 31.1 Å². The van der Waals surface area contributed by atoms with Gasteiger partial charge in [0.15, 0.2) is 11.6 Å². The molecule has 2 fully saturated rings. The van der Waals surface area contributed by atoms with E-state index in [1.165, 1.54) is 18.8 Å². The number of halogens is 2. The maximum Gasteiger partial charge on any atom is 0.225 e. The fraction of sp³-hybridized carbons (Fsp3) is 0.476. The predicted molar refractivity (Wildman–Crippen MR) is 104 cm³/mol. The second-order valence-electron chi connectivity index (χ2n) is 7.54. The Labute approximate surface area is 168 Å². The molecule has 154 valence electrons. The van der Waals surface area contributed by atoms with Gasteiger partial charge in [0.2, 0.25) is 11.8 Å². The molecule has 8 heteroatoms. The lowest BCUT2D eigenvalue weighted by atomic mass is 9.88. The number of ether oxygens (including phenoxy) is 1. The van der Waals surface area contributed by atoms with Gasteiger partial charge in [-0.25, -0.2) is 18.7 Å². The summed E-state index contributed by atoms with van der Waals surface area (Å²) in [6, 6.07) is 5.00. The molecule has 0 N–H and O–H groups in total. The van der Waals surface area contributed by atoms with Gasteiger partial charge in [-0.05, 0) is 25.0 Å². The van der Waals surface area contributed by atoms with Gasteiger partial charge in [0.05, 0.1) is 0 Å². The van der Waals surface area contributed by atoms with E-state index in [0.717, 1.165) is 37.8 Å². The van der Waals surface area contributed by atoms with Crippen LogP contribution >= 0.6 is 0 Å². The highest BCUT2D eigenvalue weighted by molar-refractivity contribution is 5.79. The number of piperazine rings is 1. The highest BCUT2D eigenvalue weighted by atomic mass is 19.2. The molecule has 1 aliphatic carbocycles. The zero-order valence-electron chi connectivity index (χ0n) is 16.2. The van der Waals surface area contributed by atoms with Crippen molar-refractivity contribution in [3.8, 4) is 11.6 Å². The summed E-state index contributed by atoms with van der Waals surface area (Å²) in [6.45, 7) is 2.69. The molecule has 1 aromatic carbocycles. The van der Waals surface area contributed by atoms with Gasteiger partial charge in [-0.2, -0.15) is 0 Å². The lowest BCUT2D eigenvalue weighted by Crippen LogP contribution is -2.50. The third-order valence-electron chi connectivity index (χ3n) is 5.61. The maximum absolute atomic E-state index is 13.4. The Morgan fingerprint density at radius 3 is 2.45 bits per heavy atom. The zero-order valence-corrected chi connectivity index (χ0v) is 16.2. The summed E-state index contributed by atoms with van der Waals surface area (Å²) >= 11 is 0. The third kappa shape index (κ3) is 4.63. The van der Waals surface area contributed by atoms with Gasteiger partial charge in [-0.1, -0.05) is 19.3 Å². The van der Waals surface area contributed by atoms with Gasteiger partial charge in [0.25, 0.3) is 0 Å². The molecule has 0 unspecified atom stereocenters. The fourth-order valence-corrected chi connectivity index (χ4v) is 3.98. The molecular formula is C21H24F2N4O2. The molecule has 2 aromatic rings. The lowest BCUT2D eigenvalue weighted by Gasteiger charge is -2.37. The smallest absolute Gasteiger partial charge is 0.225 e. The SMILES string of the molecule is O=C(C1CCCCC1)N1CCN(c2cc(Oc3ccc(F)c(F)c3)ncn2)CC1. The number of amides is 1. The molecule has 1 saturated heterocycles. The molecular weight excluding hydrogens is 378 g/mol. The van der Waals surface area contributed by atoms with E-state index in [2.05, 4.69) is 14.9 Å². The first-order valence-corrected chi connectivity index (χ1v) is 10.1. The summed E-state index contributed by atoms with van der Waals surface area (Å²) in [5, 5.41) is 0. The van der Waals surface area contributed by atoms with Crippen LogP contribution in [0.5, 0.6) is 11.6 Å². The number of carbonyl (C=O) groups excluding carboxylic acids is 1. The maximum atomic E-state index is 13.4. The number of rotatable bonds is 4. The van der Waals surface area contributed by atoms with Crippen LogP contribution in [0.2, 0.25) is 0 Å². The van der Waals surface area contributed by atoms with Crippen LogP contribution < -0.4 is 9.64 Å². The van der Waals surface area contributed by atoms with Gasteiger partial charge in [0.1, 0.15) is 17.9 Å². The molecule has 0 atom stereocenters. The topological polar surface area (TPSA) is 58.6 Å². The molecule has 6 nitrogen and oxygen atoms in total. The molecule has 0 spiro atoms. The van der Waals surface area contributed by atoms with Crippen LogP contribution in [-0.2, 0) is 4.79 Å². The summed E-state index contributed by atoms with van der Waals surface area (Å²) in [4.78, 5) is 25.1. The Morgan fingerprint density at radius 2 is 1.72 bits per heavy atom. The number of carbonyl (C=O) groups is 1. The van der Waals surface area contributed by atoms with Crippen molar-refractivity contribution >= 4 is 11.7 Å². The first-order chi connectivity index (χ1) is 14.1. The average Bonchev–Trinajstić information content (AvgIpc) is 2.77. The van der Waals surface area contributed by atoms with Crippen LogP contribution in [0.3, 0.4) is 0 Å². The van der Waals surface area contributed by atoms with Gasteiger partial charge in [-0.15, -0.1) is 0 Å². The Kier molecular flexibility index (Phi) is 5.87. The average molecular weight is 402 g/mol. The summed E-state index contributed by atoms with van der Waals surface area (Å²) < 4.78 is 32.0. The van der Waals surface area contributed by atoms with Gasteiger partial charge < -0.3 is 14.5 Å². The van der Waals surface area contributed by atoms with E-state index in [1.807, 2.05) is 4.90 Å². The largest absolute Gasteiger partial charge is 0.439 e. The number of aromatic nitrogens is 2. The van der Waals surface area contributed by atoms with Crippen molar-refractivity contribution in [2.45, 2.75) is 32.1 Å². The van der Waals surface area contributed by atoms with Crippen LogP contribution in [0.25, 0.3) is 0 Å². The fourth-order valence-electron chi connectivity index (χ4n) is 3.98. The molecule has 1 saturated carbocycles. The van der Waals surface area contributed by atoms with Crippen molar-refractivity contribution in [3.63, 3.8) is 0 Å². The summed E-state index contributed by atoms with van der Waals surface area (Å²) in [5.41, 5.74) is 0. The minimum absolute atomic E-state index is 0.163. The minimum Gasteiger partial charge on any atom is -0.439 e. The van der Waals surface area contributed by atoms with Crippen molar-refractivity contribution in [1.82, 2.24) is 14.9 Å². The Hall–Kier alpha value is -2.77. The minimum atomic E-state index is -0.976. The summed E-state index contributed by atoms with van der Waals surface area (Å²) in [6.07, 6.45) is 6.94. The molecule has 2 aliphatic rings. The molecule has 0 bridgehead atoms. The molecule has 1 amide bonds. The van der Waals surface area contributed by atoms with Crippen molar-refractivity contribution in [2.24, 2.45) is 5.92 Å². The van der Waals surface area contributed by atoms with E-state index in [0.29, 0.717) is 32.0 Å². The normalized spacial score (nSPS) is 18.0. The number of anilines is 1. The third-order valence-corrected chi connectivity index (χ3v) is 5.61. The molecule has 1 aromatic heterocycles. The number of hydrogen-bond donors (Lipinski definition) is 0. The van der Waals surface area contributed by atoms with E-state index in [4.69, 9.17) is 4.74 Å². The summed E-state index contributed by atoms with van der Waals surface area (Å²) in [7, 11) is 0. The van der Waals surface area contributed by atoms with Crippen LogP contribution in [0.4, 0.5) is 14.6 Å². The highest BCUT2D eigenvalue weighted by Gasteiger charge is 2.28. The van der Waals surface area contributed by atoms with E-state index in [1.54, 1.807) is 6.07 Å². The first kappa shape index (κ1) is 19.5. The molecule has 0 radical (unpaired) electrons. The van der Waals surface area contributed by atoms with Gasteiger partial charge in [0, 0.05) is 44.2 Å². The molecule has 1 aliphatic heterocycles. The van der Waals surface area contributed by atoms with Crippen molar-refractivity contribution in [3.05, 3.63) is 42.2 Å². The van der Waals surface area contributed by atoms with Crippen molar-refractivity contribution < 1.29 is 18.3 Å². The Bertz CT molecular complexity index is 866.